The number of fused-ring (bicyclic) bond motifs is 1. The predicted molar refractivity (Wildman–Crippen MR) is 72.4 cm³/mol. The number of hydrogen-bond acceptors (Lipinski definition) is 3. The van der Waals surface area contributed by atoms with Gasteiger partial charge in [-0.1, -0.05) is 6.07 Å². The third-order valence-electron chi connectivity index (χ3n) is 3.37. The van der Waals surface area contributed by atoms with E-state index < -0.39 is 0 Å². The second-order valence-corrected chi connectivity index (χ2v) is 5.84. The predicted octanol–water partition coefficient (Wildman–Crippen LogP) is 2.64. The molecule has 1 heterocycles. The summed E-state index contributed by atoms with van der Waals surface area (Å²) >= 11 is 1.98. The minimum Gasteiger partial charge on any atom is -0.370 e. The molecule has 0 radical (unpaired) electrons. The van der Waals surface area contributed by atoms with Crippen molar-refractivity contribution in [2.45, 2.75) is 36.5 Å². The van der Waals surface area contributed by atoms with Crippen LogP contribution in [-0.4, -0.2) is 24.9 Å². The quantitative estimate of drug-likeness (QED) is 0.856. The maximum Gasteiger partial charge on any atom is 0.0507 e. The van der Waals surface area contributed by atoms with Gasteiger partial charge in [0, 0.05) is 23.2 Å². The summed E-state index contributed by atoms with van der Waals surface area (Å²) in [5, 5.41) is 0.616. The van der Waals surface area contributed by atoms with E-state index in [0.717, 1.165) is 13.0 Å². The molecule has 0 spiro atoms. The van der Waals surface area contributed by atoms with Crippen LogP contribution in [0, 0.1) is 6.92 Å². The third kappa shape index (κ3) is 2.06. The van der Waals surface area contributed by atoms with Gasteiger partial charge < -0.3 is 10.6 Å². The van der Waals surface area contributed by atoms with E-state index in [4.69, 9.17) is 5.73 Å². The maximum absolute atomic E-state index is 5.68. The average molecular weight is 236 g/mol. The SMILES string of the molecule is Cc1ccc2c(c1)N(C)C(C)C(CCN)S2. The van der Waals surface area contributed by atoms with Crippen LogP contribution in [0.2, 0.25) is 0 Å². The molecule has 0 aromatic heterocycles. The Labute approximate surface area is 102 Å². The molecule has 1 aliphatic rings. The highest BCUT2D eigenvalue weighted by atomic mass is 32.2. The average Bonchev–Trinajstić information content (AvgIpc) is 2.27. The third-order valence-corrected chi connectivity index (χ3v) is 4.90. The molecule has 1 aromatic carbocycles. The molecule has 0 aliphatic carbocycles. The van der Waals surface area contributed by atoms with Crippen molar-refractivity contribution in [2.75, 3.05) is 18.5 Å². The highest BCUT2D eigenvalue weighted by Gasteiger charge is 2.29. The monoisotopic (exact) mass is 236 g/mol. The molecule has 2 N–H and O–H groups in total. The summed E-state index contributed by atoms with van der Waals surface area (Å²) in [5.74, 6) is 0. The molecule has 88 valence electrons. The van der Waals surface area contributed by atoms with Crippen LogP contribution in [0.3, 0.4) is 0 Å². The van der Waals surface area contributed by atoms with Gasteiger partial charge in [0.25, 0.3) is 0 Å². The molecule has 2 unspecified atom stereocenters. The molecule has 2 atom stereocenters. The molecule has 2 rings (SSSR count). The summed E-state index contributed by atoms with van der Waals surface area (Å²) in [5.41, 5.74) is 8.38. The van der Waals surface area contributed by atoms with E-state index in [-0.39, 0.29) is 0 Å². The van der Waals surface area contributed by atoms with Gasteiger partial charge in [0.15, 0.2) is 0 Å². The molecule has 0 amide bonds. The molecule has 16 heavy (non-hydrogen) atoms. The lowest BCUT2D eigenvalue weighted by molar-refractivity contribution is 0.604. The summed E-state index contributed by atoms with van der Waals surface area (Å²) in [4.78, 5) is 3.78. The van der Waals surface area contributed by atoms with Crippen molar-refractivity contribution in [1.29, 1.82) is 0 Å². The van der Waals surface area contributed by atoms with Crippen LogP contribution in [0.1, 0.15) is 18.9 Å². The van der Waals surface area contributed by atoms with E-state index in [1.165, 1.54) is 16.1 Å². The molecular weight excluding hydrogens is 216 g/mol. The van der Waals surface area contributed by atoms with Crippen LogP contribution in [0.4, 0.5) is 5.69 Å². The number of benzene rings is 1. The Hall–Kier alpha value is -0.670. The molecule has 2 nitrogen and oxygen atoms in total. The fourth-order valence-corrected chi connectivity index (χ4v) is 3.63. The second-order valence-electron chi connectivity index (χ2n) is 4.56. The first-order valence-electron chi connectivity index (χ1n) is 5.83. The van der Waals surface area contributed by atoms with E-state index in [0.29, 0.717) is 11.3 Å². The molecule has 0 saturated heterocycles. The first-order chi connectivity index (χ1) is 7.63. The van der Waals surface area contributed by atoms with Crippen molar-refractivity contribution in [3.05, 3.63) is 23.8 Å². The lowest BCUT2D eigenvalue weighted by Gasteiger charge is -2.39. The smallest absolute Gasteiger partial charge is 0.0507 e. The van der Waals surface area contributed by atoms with Crippen molar-refractivity contribution in [3.63, 3.8) is 0 Å². The zero-order valence-corrected chi connectivity index (χ0v) is 11.1. The number of thioether (sulfide) groups is 1. The van der Waals surface area contributed by atoms with Gasteiger partial charge in [0.2, 0.25) is 0 Å². The maximum atomic E-state index is 5.68. The first kappa shape index (κ1) is 11.8. The largest absolute Gasteiger partial charge is 0.370 e. The molecule has 1 aromatic rings. The lowest BCUT2D eigenvalue weighted by Crippen LogP contribution is -2.41. The van der Waals surface area contributed by atoms with Gasteiger partial charge in [-0.3, -0.25) is 0 Å². The van der Waals surface area contributed by atoms with E-state index >= 15 is 0 Å². The standard InChI is InChI=1S/C13H20N2S/c1-9-4-5-13-11(8-9)15(3)10(2)12(16-13)6-7-14/h4-5,8,10,12H,6-7,14H2,1-3H3. The van der Waals surface area contributed by atoms with Crippen LogP contribution in [0.15, 0.2) is 23.1 Å². The summed E-state index contributed by atoms with van der Waals surface area (Å²) in [7, 11) is 2.19. The molecular formula is C13H20N2S. The van der Waals surface area contributed by atoms with E-state index in [1.807, 2.05) is 11.8 Å². The summed E-state index contributed by atoms with van der Waals surface area (Å²) in [6.45, 7) is 5.21. The fraction of sp³-hybridized carbons (Fsp3) is 0.538. The van der Waals surface area contributed by atoms with Crippen LogP contribution in [0.5, 0.6) is 0 Å². The molecule has 0 saturated carbocycles. The van der Waals surface area contributed by atoms with Gasteiger partial charge in [-0.05, 0) is 44.5 Å². The normalized spacial score (nSPS) is 24.4. The molecule has 0 fully saturated rings. The second kappa shape index (κ2) is 4.68. The number of rotatable bonds is 2. The summed E-state index contributed by atoms with van der Waals surface area (Å²) in [6, 6.07) is 7.26. The van der Waals surface area contributed by atoms with Gasteiger partial charge >= 0.3 is 0 Å². The van der Waals surface area contributed by atoms with Crippen molar-refractivity contribution >= 4 is 17.4 Å². The first-order valence-corrected chi connectivity index (χ1v) is 6.71. The Bertz CT molecular complexity index is 378. The van der Waals surface area contributed by atoms with Crippen LogP contribution >= 0.6 is 11.8 Å². The highest BCUT2D eigenvalue weighted by Crippen LogP contribution is 2.42. The Balaban J connectivity index is 2.32. The van der Waals surface area contributed by atoms with Crippen LogP contribution in [-0.2, 0) is 0 Å². The number of anilines is 1. The zero-order chi connectivity index (χ0) is 11.7. The van der Waals surface area contributed by atoms with Crippen LogP contribution in [0.25, 0.3) is 0 Å². The van der Waals surface area contributed by atoms with Crippen molar-refractivity contribution in [3.8, 4) is 0 Å². The van der Waals surface area contributed by atoms with E-state index in [1.54, 1.807) is 0 Å². The van der Waals surface area contributed by atoms with Gasteiger partial charge in [-0.25, -0.2) is 0 Å². The lowest BCUT2D eigenvalue weighted by atomic mass is 10.1. The molecule has 1 aliphatic heterocycles. The van der Waals surface area contributed by atoms with Crippen molar-refractivity contribution < 1.29 is 0 Å². The fourth-order valence-electron chi connectivity index (χ4n) is 2.20. The number of aryl methyl sites for hydroxylation is 1. The summed E-state index contributed by atoms with van der Waals surface area (Å²) in [6.07, 6.45) is 1.09. The van der Waals surface area contributed by atoms with Crippen LogP contribution < -0.4 is 10.6 Å². The minimum atomic E-state index is 0.558. The topological polar surface area (TPSA) is 29.3 Å². The number of nitrogens with zero attached hydrogens (tertiary/aromatic N) is 1. The Kier molecular flexibility index (Phi) is 3.45. The van der Waals surface area contributed by atoms with Crippen molar-refractivity contribution in [1.82, 2.24) is 0 Å². The van der Waals surface area contributed by atoms with Gasteiger partial charge in [0.1, 0.15) is 0 Å². The highest BCUT2D eigenvalue weighted by molar-refractivity contribution is 8.00. The van der Waals surface area contributed by atoms with Gasteiger partial charge in [-0.2, -0.15) is 0 Å². The van der Waals surface area contributed by atoms with Gasteiger partial charge in [-0.15, -0.1) is 11.8 Å². The van der Waals surface area contributed by atoms with Gasteiger partial charge in [0.05, 0.1) is 5.69 Å². The number of hydrogen-bond donors (Lipinski definition) is 1. The van der Waals surface area contributed by atoms with E-state index in [2.05, 4.69) is 44.0 Å². The summed E-state index contributed by atoms with van der Waals surface area (Å²) < 4.78 is 0. The Morgan fingerprint density at radius 3 is 2.88 bits per heavy atom. The van der Waals surface area contributed by atoms with E-state index in [9.17, 15) is 0 Å². The Morgan fingerprint density at radius 1 is 1.44 bits per heavy atom. The molecule has 0 bridgehead atoms. The minimum absolute atomic E-state index is 0.558. The Morgan fingerprint density at radius 2 is 2.19 bits per heavy atom. The van der Waals surface area contributed by atoms with Crippen molar-refractivity contribution in [2.24, 2.45) is 5.73 Å². The zero-order valence-electron chi connectivity index (χ0n) is 10.2. The molecule has 3 heteroatoms. The number of nitrogens with two attached hydrogens (primary N) is 1.